The van der Waals surface area contributed by atoms with Gasteiger partial charge in [0, 0.05) is 12.8 Å². The van der Waals surface area contributed by atoms with Gasteiger partial charge in [0.2, 0.25) is 0 Å². The van der Waals surface area contributed by atoms with Gasteiger partial charge in [-0.3, -0.25) is 4.79 Å². The van der Waals surface area contributed by atoms with Crippen molar-refractivity contribution < 1.29 is 9.18 Å². The summed E-state index contributed by atoms with van der Waals surface area (Å²) in [6, 6.07) is 4.58. The van der Waals surface area contributed by atoms with Crippen molar-refractivity contribution in [1.29, 1.82) is 0 Å². The zero-order valence-corrected chi connectivity index (χ0v) is 12.5. The molecule has 1 aromatic rings. The number of hydrogen-bond acceptors (Lipinski definition) is 2. The summed E-state index contributed by atoms with van der Waals surface area (Å²) in [4.78, 5) is 12.1. The third-order valence-corrected chi connectivity index (χ3v) is 4.38. The molecule has 2 nitrogen and oxygen atoms in total. The van der Waals surface area contributed by atoms with Crippen molar-refractivity contribution in [3.8, 4) is 0 Å². The monoisotopic (exact) mass is 297 g/mol. The van der Waals surface area contributed by atoms with Crippen LogP contribution in [0.4, 0.5) is 4.39 Å². The number of carbonyl (C=O) groups is 1. The average Bonchev–Trinajstić information content (AvgIpc) is 2.44. The standard InChI is InChI=1S/C16H21ClFNO/c1-11(13-3-2-6-19-10-13)7-14(20)8-12-4-5-15(17)16(18)9-12/h4-5,9,11,13,19H,2-3,6-8,10H2,1H3. The van der Waals surface area contributed by atoms with Crippen molar-refractivity contribution in [2.45, 2.75) is 32.6 Å². The van der Waals surface area contributed by atoms with Crippen LogP contribution in [0.2, 0.25) is 5.02 Å². The zero-order chi connectivity index (χ0) is 14.5. The lowest BCUT2D eigenvalue weighted by atomic mass is 9.84. The highest BCUT2D eigenvalue weighted by atomic mass is 35.5. The SMILES string of the molecule is CC(CC(=O)Cc1ccc(Cl)c(F)c1)C1CCCNC1. The fourth-order valence-corrected chi connectivity index (χ4v) is 2.96. The zero-order valence-electron chi connectivity index (χ0n) is 11.8. The number of Topliss-reactive ketones (excluding diaryl/α,β-unsaturated/α-hetero) is 1. The maximum absolute atomic E-state index is 13.3. The van der Waals surface area contributed by atoms with E-state index in [0.717, 1.165) is 13.1 Å². The Balaban J connectivity index is 1.86. The van der Waals surface area contributed by atoms with Crippen LogP contribution >= 0.6 is 11.6 Å². The number of hydrogen-bond donors (Lipinski definition) is 1. The van der Waals surface area contributed by atoms with Crippen LogP contribution in [-0.2, 0) is 11.2 Å². The normalized spacial score (nSPS) is 20.6. The lowest BCUT2D eigenvalue weighted by Crippen LogP contribution is -2.34. The summed E-state index contributed by atoms with van der Waals surface area (Å²) in [6.07, 6.45) is 3.23. The number of benzene rings is 1. The van der Waals surface area contributed by atoms with E-state index < -0.39 is 5.82 Å². The predicted molar refractivity (Wildman–Crippen MR) is 79.5 cm³/mol. The summed E-state index contributed by atoms with van der Waals surface area (Å²) in [5.41, 5.74) is 0.700. The molecule has 110 valence electrons. The first-order valence-corrected chi connectivity index (χ1v) is 7.60. The minimum atomic E-state index is -0.457. The van der Waals surface area contributed by atoms with Gasteiger partial charge in [0.1, 0.15) is 11.6 Å². The second-order valence-corrected chi connectivity index (χ2v) is 6.16. The molecule has 0 radical (unpaired) electrons. The van der Waals surface area contributed by atoms with E-state index in [9.17, 15) is 9.18 Å². The molecule has 1 N–H and O–H groups in total. The lowest BCUT2D eigenvalue weighted by molar-refractivity contribution is -0.119. The van der Waals surface area contributed by atoms with Crippen LogP contribution in [0.15, 0.2) is 18.2 Å². The molecule has 1 fully saturated rings. The minimum absolute atomic E-state index is 0.0999. The van der Waals surface area contributed by atoms with Gasteiger partial charge in [0.25, 0.3) is 0 Å². The molecular weight excluding hydrogens is 277 g/mol. The molecule has 1 aromatic carbocycles. The maximum atomic E-state index is 13.3. The largest absolute Gasteiger partial charge is 0.316 e. The lowest BCUT2D eigenvalue weighted by Gasteiger charge is -2.28. The Morgan fingerprint density at radius 2 is 2.35 bits per heavy atom. The third-order valence-electron chi connectivity index (χ3n) is 4.07. The van der Waals surface area contributed by atoms with E-state index in [1.54, 1.807) is 6.07 Å². The molecule has 0 aliphatic carbocycles. The fraction of sp³-hybridized carbons (Fsp3) is 0.562. The van der Waals surface area contributed by atoms with E-state index in [4.69, 9.17) is 11.6 Å². The summed E-state index contributed by atoms with van der Waals surface area (Å²) < 4.78 is 13.3. The van der Waals surface area contributed by atoms with Gasteiger partial charge >= 0.3 is 0 Å². The Hall–Kier alpha value is -0.930. The van der Waals surface area contributed by atoms with E-state index >= 15 is 0 Å². The molecule has 4 heteroatoms. The van der Waals surface area contributed by atoms with E-state index in [-0.39, 0.29) is 10.8 Å². The third kappa shape index (κ3) is 4.29. The van der Waals surface area contributed by atoms with Crippen molar-refractivity contribution in [2.24, 2.45) is 11.8 Å². The van der Waals surface area contributed by atoms with E-state index in [1.165, 1.54) is 25.0 Å². The van der Waals surface area contributed by atoms with Crippen molar-refractivity contribution in [3.05, 3.63) is 34.6 Å². The number of carbonyl (C=O) groups excluding carboxylic acids is 1. The second kappa shape index (κ2) is 7.19. The second-order valence-electron chi connectivity index (χ2n) is 5.75. The highest BCUT2D eigenvalue weighted by molar-refractivity contribution is 6.30. The predicted octanol–water partition coefficient (Wildman–Crippen LogP) is 3.62. The van der Waals surface area contributed by atoms with Crippen LogP contribution in [0.1, 0.15) is 31.7 Å². The number of ketones is 1. The highest BCUT2D eigenvalue weighted by Crippen LogP contribution is 2.23. The van der Waals surface area contributed by atoms with Crippen molar-refractivity contribution in [1.82, 2.24) is 5.32 Å². The smallest absolute Gasteiger partial charge is 0.142 e. The molecule has 1 heterocycles. The number of piperidine rings is 1. The Kier molecular flexibility index (Phi) is 5.55. The van der Waals surface area contributed by atoms with Gasteiger partial charge in [0.05, 0.1) is 5.02 Å². The molecule has 0 bridgehead atoms. The first-order valence-electron chi connectivity index (χ1n) is 7.22. The molecule has 1 aliphatic heterocycles. The summed E-state index contributed by atoms with van der Waals surface area (Å²) in [6.45, 7) is 4.23. The molecule has 2 atom stereocenters. The average molecular weight is 298 g/mol. The van der Waals surface area contributed by atoms with Crippen LogP contribution in [0.25, 0.3) is 0 Å². The molecular formula is C16H21ClFNO. The van der Waals surface area contributed by atoms with E-state index in [0.29, 0.717) is 30.2 Å². The molecule has 2 rings (SSSR count). The van der Waals surface area contributed by atoms with E-state index in [1.807, 2.05) is 0 Å². The van der Waals surface area contributed by atoms with Crippen LogP contribution < -0.4 is 5.32 Å². The first-order chi connectivity index (χ1) is 9.56. The van der Waals surface area contributed by atoms with E-state index in [2.05, 4.69) is 12.2 Å². The molecule has 20 heavy (non-hydrogen) atoms. The Labute approximate surface area is 124 Å². The van der Waals surface area contributed by atoms with Crippen molar-refractivity contribution in [2.75, 3.05) is 13.1 Å². The van der Waals surface area contributed by atoms with Gasteiger partial charge in [-0.25, -0.2) is 4.39 Å². The molecule has 1 saturated heterocycles. The Morgan fingerprint density at radius 1 is 1.55 bits per heavy atom. The van der Waals surface area contributed by atoms with Gasteiger partial charge in [-0.15, -0.1) is 0 Å². The molecule has 0 spiro atoms. The summed E-state index contributed by atoms with van der Waals surface area (Å²) in [5.74, 6) is 0.674. The fourth-order valence-electron chi connectivity index (χ4n) is 2.84. The molecule has 0 aromatic heterocycles. The van der Waals surface area contributed by atoms with Crippen LogP contribution in [0.3, 0.4) is 0 Å². The Morgan fingerprint density at radius 3 is 3.00 bits per heavy atom. The van der Waals surface area contributed by atoms with Crippen molar-refractivity contribution >= 4 is 17.4 Å². The van der Waals surface area contributed by atoms with Gasteiger partial charge in [-0.05, 0) is 55.5 Å². The van der Waals surface area contributed by atoms with Crippen LogP contribution in [-0.4, -0.2) is 18.9 Å². The topological polar surface area (TPSA) is 29.1 Å². The van der Waals surface area contributed by atoms with Crippen LogP contribution in [0.5, 0.6) is 0 Å². The summed E-state index contributed by atoms with van der Waals surface area (Å²) >= 11 is 5.64. The molecule has 0 amide bonds. The quantitative estimate of drug-likeness (QED) is 0.899. The molecule has 1 aliphatic rings. The molecule has 2 unspecified atom stereocenters. The van der Waals surface area contributed by atoms with Gasteiger partial charge < -0.3 is 5.32 Å². The van der Waals surface area contributed by atoms with Gasteiger partial charge in [-0.2, -0.15) is 0 Å². The summed E-state index contributed by atoms with van der Waals surface area (Å²) in [7, 11) is 0. The Bertz CT molecular complexity index is 472. The number of nitrogens with one attached hydrogen (secondary N) is 1. The van der Waals surface area contributed by atoms with Crippen molar-refractivity contribution in [3.63, 3.8) is 0 Å². The van der Waals surface area contributed by atoms with Gasteiger partial charge in [0.15, 0.2) is 0 Å². The number of halogens is 2. The van der Waals surface area contributed by atoms with Crippen LogP contribution in [0, 0.1) is 17.7 Å². The minimum Gasteiger partial charge on any atom is -0.316 e. The van der Waals surface area contributed by atoms with Gasteiger partial charge in [-0.1, -0.05) is 24.6 Å². The number of rotatable bonds is 5. The summed E-state index contributed by atoms with van der Waals surface area (Å²) in [5, 5.41) is 3.48. The molecule has 0 saturated carbocycles. The maximum Gasteiger partial charge on any atom is 0.142 e. The highest BCUT2D eigenvalue weighted by Gasteiger charge is 2.22. The first kappa shape index (κ1) is 15.5.